The molecule has 1 aromatic rings. The van der Waals surface area contributed by atoms with Crippen molar-refractivity contribution in [2.24, 2.45) is 11.8 Å². The number of anilines is 1. The molecule has 3 unspecified atom stereocenters. The molecule has 1 aliphatic heterocycles. The summed E-state index contributed by atoms with van der Waals surface area (Å²) in [6.07, 6.45) is 3.83. The van der Waals surface area contributed by atoms with Gasteiger partial charge in [0.25, 0.3) is 0 Å². The average molecular weight is 312 g/mol. The first kappa shape index (κ1) is 16.2. The van der Waals surface area contributed by atoms with Gasteiger partial charge in [-0.15, -0.1) is 0 Å². The molecule has 6 nitrogen and oxygen atoms in total. The lowest BCUT2D eigenvalue weighted by Gasteiger charge is -2.39. The molecule has 1 aromatic heterocycles. The van der Waals surface area contributed by atoms with Gasteiger partial charge in [-0.25, -0.2) is 18.4 Å². The number of rotatable bonds is 4. The molecule has 0 aromatic carbocycles. The van der Waals surface area contributed by atoms with Crippen molar-refractivity contribution in [1.29, 1.82) is 0 Å². The zero-order chi connectivity index (χ0) is 15.6. The second-order valence-electron chi connectivity index (χ2n) is 5.91. The lowest BCUT2D eigenvalue weighted by atomic mass is 9.88. The van der Waals surface area contributed by atoms with E-state index in [1.807, 2.05) is 13.8 Å². The largest absolute Gasteiger partial charge is 0.355 e. The van der Waals surface area contributed by atoms with Crippen molar-refractivity contribution < 1.29 is 8.42 Å². The van der Waals surface area contributed by atoms with Crippen LogP contribution in [0.4, 0.5) is 5.95 Å². The molecule has 7 heteroatoms. The molecule has 0 spiro atoms. The Bertz CT molecular complexity index is 573. The van der Waals surface area contributed by atoms with Gasteiger partial charge in [0.1, 0.15) is 4.90 Å². The topological polar surface area (TPSA) is 75.2 Å². The van der Waals surface area contributed by atoms with Gasteiger partial charge in [-0.1, -0.05) is 13.8 Å². The summed E-state index contributed by atoms with van der Waals surface area (Å²) < 4.78 is 27.2. The fourth-order valence-corrected chi connectivity index (χ4v) is 4.55. The van der Waals surface area contributed by atoms with Crippen molar-refractivity contribution in [3.05, 3.63) is 12.4 Å². The summed E-state index contributed by atoms with van der Waals surface area (Å²) in [6, 6.07) is -0.000330. The van der Waals surface area contributed by atoms with Crippen LogP contribution in [0.15, 0.2) is 17.3 Å². The Labute approximate surface area is 127 Å². The summed E-state index contributed by atoms with van der Waals surface area (Å²) in [5, 5.41) is 2.96. The quantitative estimate of drug-likeness (QED) is 0.920. The number of sulfonamides is 1. The molecule has 2 rings (SSSR count). The van der Waals surface area contributed by atoms with E-state index in [4.69, 9.17) is 0 Å². The van der Waals surface area contributed by atoms with Gasteiger partial charge in [0.15, 0.2) is 0 Å². The summed E-state index contributed by atoms with van der Waals surface area (Å²) in [5.74, 6) is 1.17. The van der Waals surface area contributed by atoms with Crippen LogP contribution in [-0.4, -0.2) is 41.8 Å². The third kappa shape index (κ3) is 3.35. The Morgan fingerprint density at radius 1 is 1.29 bits per heavy atom. The average Bonchev–Trinajstić information content (AvgIpc) is 2.43. The van der Waals surface area contributed by atoms with E-state index in [0.29, 0.717) is 30.9 Å². The molecule has 1 fully saturated rings. The first-order chi connectivity index (χ1) is 9.86. The summed E-state index contributed by atoms with van der Waals surface area (Å²) in [4.78, 5) is 8.29. The van der Waals surface area contributed by atoms with E-state index in [9.17, 15) is 8.42 Å². The van der Waals surface area contributed by atoms with Gasteiger partial charge in [0.05, 0.1) is 12.4 Å². The van der Waals surface area contributed by atoms with Gasteiger partial charge in [0.2, 0.25) is 16.0 Å². The summed E-state index contributed by atoms with van der Waals surface area (Å²) in [5.41, 5.74) is 0. The highest BCUT2D eigenvalue weighted by molar-refractivity contribution is 7.89. The van der Waals surface area contributed by atoms with Crippen LogP contribution < -0.4 is 5.32 Å². The van der Waals surface area contributed by atoms with E-state index in [1.54, 1.807) is 4.31 Å². The van der Waals surface area contributed by atoms with Gasteiger partial charge >= 0.3 is 0 Å². The molecule has 3 atom stereocenters. The number of hydrogen-bond donors (Lipinski definition) is 1. The normalized spacial score (nSPS) is 27.5. The van der Waals surface area contributed by atoms with E-state index in [2.05, 4.69) is 29.1 Å². The van der Waals surface area contributed by atoms with Crippen molar-refractivity contribution in [3.63, 3.8) is 0 Å². The minimum Gasteiger partial charge on any atom is -0.355 e. The van der Waals surface area contributed by atoms with Crippen LogP contribution in [0.2, 0.25) is 0 Å². The van der Waals surface area contributed by atoms with Gasteiger partial charge in [0, 0.05) is 19.1 Å². The predicted octanol–water partition coefficient (Wildman–Crippen LogP) is 1.96. The molecule has 118 valence electrons. The van der Waals surface area contributed by atoms with Crippen LogP contribution in [0.1, 0.15) is 34.1 Å². The Morgan fingerprint density at radius 3 is 2.48 bits per heavy atom. The van der Waals surface area contributed by atoms with Crippen molar-refractivity contribution in [2.75, 3.05) is 18.4 Å². The Hall–Kier alpha value is -1.21. The first-order valence-electron chi connectivity index (χ1n) is 7.44. The fraction of sp³-hybridized carbons (Fsp3) is 0.714. The van der Waals surface area contributed by atoms with Gasteiger partial charge < -0.3 is 5.32 Å². The smallest absolute Gasteiger partial charge is 0.246 e. The molecule has 0 bridgehead atoms. The molecule has 21 heavy (non-hydrogen) atoms. The molecule has 1 aliphatic rings. The van der Waals surface area contributed by atoms with E-state index >= 15 is 0 Å². The van der Waals surface area contributed by atoms with Gasteiger partial charge in [-0.2, -0.15) is 4.31 Å². The molecule has 0 amide bonds. The summed E-state index contributed by atoms with van der Waals surface area (Å²) >= 11 is 0. The summed E-state index contributed by atoms with van der Waals surface area (Å²) in [6.45, 7) is 9.37. The molecule has 0 aliphatic carbocycles. The monoisotopic (exact) mass is 312 g/mol. The lowest BCUT2D eigenvalue weighted by molar-refractivity contribution is 0.157. The third-order valence-corrected chi connectivity index (χ3v) is 6.02. The molecule has 2 heterocycles. The van der Waals surface area contributed by atoms with Crippen molar-refractivity contribution in [2.45, 2.75) is 45.1 Å². The number of hydrogen-bond acceptors (Lipinski definition) is 5. The molecule has 1 N–H and O–H groups in total. The molecule has 1 saturated heterocycles. The van der Waals surface area contributed by atoms with Crippen LogP contribution in [0.25, 0.3) is 0 Å². The van der Waals surface area contributed by atoms with Gasteiger partial charge in [-0.3, -0.25) is 0 Å². The van der Waals surface area contributed by atoms with Crippen LogP contribution in [0, 0.1) is 11.8 Å². The third-order valence-electron chi connectivity index (χ3n) is 4.11. The van der Waals surface area contributed by atoms with Crippen LogP contribution in [0.5, 0.6) is 0 Å². The molecule has 0 saturated carbocycles. The lowest BCUT2D eigenvalue weighted by Crippen LogP contribution is -2.48. The minimum absolute atomic E-state index is 0.000330. The van der Waals surface area contributed by atoms with E-state index < -0.39 is 10.0 Å². The molecule has 0 radical (unpaired) electrons. The number of nitrogens with zero attached hydrogens (tertiary/aromatic N) is 3. The highest BCUT2D eigenvalue weighted by atomic mass is 32.2. The standard InChI is InChI=1S/C14H24N4O2S/c1-5-15-14-16-7-13(8-17-14)21(19,20)18-9-10(2)6-11(3)12(18)4/h7-8,10-12H,5-6,9H2,1-4H3,(H,15,16,17). The Kier molecular flexibility index (Phi) is 4.83. The number of piperidine rings is 1. The maximum atomic E-state index is 12.8. The van der Waals surface area contributed by atoms with E-state index in [1.165, 1.54) is 12.4 Å². The zero-order valence-electron chi connectivity index (χ0n) is 13.1. The molecular weight excluding hydrogens is 288 g/mol. The van der Waals surface area contributed by atoms with E-state index in [0.717, 1.165) is 6.42 Å². The Morgan fingerprint density at radius 2 is 1.90 bits per heavy atom. The van der Waals surface area contributed by atoms with Crippen molar-refractivity contribution in [1.82, 2.24) is 14.3 Å². The van der Waals surface area contributed by atoms with Crippen molar-refractivity contribution >= 4 is 16.0 Å². The van der Waals surface area contributed by atoms with Crippen LogP contribution >= 0.6 is 0 Å². The fourth-order valence-electron chi connectivity index (χ4n) is 2.81. The van der Waals surface area contributed by atoms with Gasteiger partial charge in [-0.05, 0) is 32.1 Å². The number of aromatic nitrogens is 2. The van der Waals surface area contributed by atoms with Crippen molar-refractivity contribution in [3.8, 4) is 0 Å². The first-order valence-corrected chi connectivity index (χ1v) is 8.88. The summed E-state index contributed by atoms with van der Waals surface area (Å²) in [7, 11) is -3.53. The molecular formula is C14H24N4O2S. The minimum atomic E-state index is -3.53. The van der Waals surface area contributed by atoms with Crippen LogP contribution in [-0.2, 0) is 10.0 Å². The maximum absolute atomic E-state index is 12.8. The highest BCUT2D eigenvalue weighted by Gasteiger charge is 2.37. The van der Waals surface area contributed by atoms with Crippen LogP contribution in [0.3, 0.4) is 0 Å². The second kappa shape index (κ2) is 6.27. The predicted molar refractivity (Wildman–Crippen MR) is 82.5 cm³/mol. The Balaban J connectivity index is 2.28. The SMILES string of the molecule is CCNc1ncc(S(=O)(=O)N2CC(C)CC(C)C2C)cn1. The zero-order valence-corrected chi connectivity index (χ0v) is 13.9. The maximum Gasteiger partial charge on any atom is 0.246 e. The number of nitrogens with one attached hydrogen (secondary N) is 1. The highest BCUT2D eigenvalue weighted by Crippen LogP contribution is 2.31. The van der Waals surface area contributed by atoms with E-state index in [-0.39, 0.29) is 10.9 Å². The second-order valence-corrected chi connectivity index (χ2v) is 7.80.